The molecule has 1 N–H and O–H groups in total. The number of carbonyl (C=O) groups is 1. The first-order chi connectivity index (χ1) is 13.9. The van der Waals surface area contributed by atoms with Gasteiger partial charge in [-0.1, -0.05) is 25.6 Å². The fourth-order valence-electron chi connectivity index (χ4n) is 3.57. The van der Waals surface area contributed by atoms with E-state index in [-0.39, 0.29) is 17.2 Å². The minimum absolute atomic E-state index is 0.0108. The normalized spacial score (nSPS) is 14.0. The Morgan fingerprint density at radius 3 is 2.79 bits per heavy atom. The predicted octanol–water partition coefficient (Wildman–Crippen LogP) is 3.15. The van der Waals surface area contributed by atoms with Crippen LogP contribution in [0.3, 0.4) is 0 Å². The highest BCUT2D eigenvalue weighted by Crippen LogP contribution is 2.34. The molecule has 0 saturated heterocycles. The van der Waals surface area contributed by atoms with Gasteiger partial charge in [-0.15, -0.1) is 11.3 Å². The third kappa shape index (κ3) is 5.61. The zero-order chi connectivity index (χ0) is 21.0. The first kappa shape index (κ1) is 22.3. The zero-order valence-electron chi connectivity index (χ0n) is 17.9. The molecule has 1 aliphatic rings. The molecule has 2 aromatic rings. The molecule has 1 aliphatic carbocycles. The first-order valence-electron chi connectivity index (χ1n) is 10.5. The lowest BCUT2D eigenvalue weighted by atomic mass is 9.97. The Morgan fingerprint density at radius 2 is 2.07 bits per heavy atom. The molecule has 0 aromatic carbocycles. The number of thiophene rings is 1. The van der Waals surface area contributed by atoms with Gasteiger partial charge in [0.2, 0.25) is 5.91 Å². The van der Waals surface area contributed by atoms with Crippen molar-refractivity contribution in [3.8, 4) is 0 Å². The first-order valence-corrected chi connectivity index (χ1v) is 12.3. The van der Waals surface area contributed by atoms with E-state index in [2.05, 4.69) is 24.1 Å². The number of aromatic nitrogens is 2. The summed E-state index contributed by atoms with van der Waals surface area (Å²) in [7, 11) is 4.07. The molecule has 0 bridgehead atoms. The van der Waals surface area contributed by atoms with Crippen molar-refractivity contribution in [1.82, 2.24) is 19.8 Å². The van der Waals surface area contributed by atoms with Crippen LogP contribution in [0.25, 0.3) is 10.2 Å². The van der Waals surface area contributed by atoms with Crippen molar-refractivity contribution in [1.29, 1.82) is 0 Å². The van der Waals surface area contributed by atoms with E-state index in [0.717, 1.165) is 42.4 Å². The van der Waals surface area contributed by atoms with Gasteiger partial charge in [-0.2, -0.15) is 0 Å². The lowest BCUT2D eigenvalue weighted by Gasteiger charge is -2.15. The van der Waals surface area contributed by atoms with Crippen molar-refractivity contribution >= 4 is 39.2 Å². The minimum atomic E-state index is -0.0108. The summed E-state index contributed by atoms with van der Waals surface area (Å²) >= 11 is 3.04. The fourth-order valence-corrected chi connectivity index (χ4v) is 5.73. The summed E-state index contributed by atoms with van der Waals surface area (Å²) in [6, 6.07) is 0. The summed E-state index contributed by atoms with van der Waals surface area (Å²) in [6.45, 7) is 6.35. The number of amides is 1. The molecular formula is C21H32N4O2S2. The van der Waals surface area contributed by atoms with Gasteiger partial charge in [-0.25, -0.2) is 4.98 Å². The molecule has 0 atom stereocenters. The van der Waals surface area contributed by atoms with Crippen LogP contribution in [0.2, 0.25) is 0 Å². The van der Waals surface area contributed by atoms with E-state index in [1.165, 1.54) is 28.6 Å². The lowest BCUT2D eigenvalue weighted by molar-refractivity contribution is -0.118. The number of aryl methyl sites for hydroxylation is 2. The molecule has 6 nitrogen and oxygen atoms in total. The van der Waals surface area contributed by atoms with Gasteiger partial charge in [0.05, 0.1) is 11.1 Å². The summed E-state index contributed by atoms with van der Waals surface area (Å²) in [5.74, 6) is 0.687. The van der Waals surface area contributed by atoms with Crippen molar-refractivity contribution in [2.45, 2.75) is 57.7 Å². The highest BCUT2D eigenvalue weighted by molar-refractivity contribution is 7.99. The van der Waals surface area contributed by atoms with Crippen LogP contribution in [0.15, 0.2) is 9.95 Å². The van der Waals surface area contributed by atoms with Gasteiger partial charge < -0.3 is 10.2 Å². The largest absolute Gasteiger partial charge is 0.355 e. The van der Waals surface area contributed by atoms with Crippen LogP contribution in [0.1, 0.15) is 43.6 Å². The number of nitrogens with zero attached hydrogens (tertiary/aromatic N) is 3. The number of carbonyl (C=O) groups excluding carboxylic acids is 1. The number of hydrogen-bond acceptors (Lipinski definition) is 6. The van der Waals surface area contributed by atoms with Gasteiger partial charge in [0.15, 0.2) is 5.16 Å². The van der Waals surface area contributed by atoms with Crippen molar-refractivity contribution in [2.24, 2.45) is 5.92 Å². The van der Waals surface area contributed by atoms with Gasteiger partial charge in [-0.05, 0) is 64.2 Å². The maximum absolute atomic E-state index is 13.4. The summed E-state index contributed by atoms with van der Waals surface area (Å²) in [6.07, 6.45) is 5.24. The molecule has 0 spiro atoms. The Balaban J connectivity index is 1.89. The summed E-state index contributed by atoms with van der Waals surface area (Å²) < 4.78 is 1.80. The summed E-state index contributed by atoms with van der Waals surface area (Å²) in [4.78, 5) is 34.8. The molecular weight excluding hydrogens is 404 g/mol. The molecule has 8 heteroatoms. The van der Waals surface area contributed by atoms with Crippen LogP contribution in [0.5, 0.6) is 0 Å². The van der Waals surface area contributed by atoms with Crippen LogP contribution in [0.4, 0.5) is 0 Å². The lowest BCUT2D eigenvalue weighted by Crippen LogP contribution is -2.30. The van der Waals surface area contributed by atoms with Crippen LogP contribution in [0, 0.1) is 5.92 Å². The summed E-state index contributed by atoms with van der Waals surface area (Å²) in [5.41, 5.74) is 1.29. The molecule has 1 amide bonds. The quantitative estimate of drug-likeness (QED) is 0.483. The smallest absolute Gasteiger partial charge is 0.263 e. The second kappa shape index (κ2) is 10.1. The number of fused-ring (bicyclic) bond motifs is 3. The Hall–Kier alpha value is -1.38. The Labute approximate surface area is 181 Å². The number of rotatable bonds is 9. The fraction of sp³-hybridized carbons (Fsp3) is 0.667. The number of hydrogen-bond donors (Lipinski definition) is 1. The van der Waals surface area contributed by atoms with Gasteiger partial charge in [-0.3, -0.25) is 14.2 Å². The van der Waals surface area contributed by atoms with Gasteiger partial charge >= 0.3 is 0 Å². The molecule has 160 valence electrons. The second-order valence-electron chi connectivity index (χ2n) is 8.39. The third-order valence-electron chi connectivity index (χ3n) is 5.07. The van der Waals surface area contributed by atoms with Crippen LogP contribution >= 0.6 is 23.1 Å². The van der Waals surface area contributed by atoms with E-state index in [1.807, 2.05) is 14.1 Å². The molecule has 0 aliphatic heterocycles. The van der Waals surface area contributed by atoms with E-state index >= 15 is 0 Å². The Kier molecular flexibility index (Phi) is 7.76. The average molecular weight is 437 g/mol. The Morgan fingerprint density at radius 1 is 1.31 bits per heavy atom. The van der Waals surface area contributed by atoms with Crippen LogP contribution in [-0.2, 0) is 24.2 Å². The van der Waals surface area contributed by atoms with Crippen molar-refractivity contribution in [2.75, 3.05) is 32.9 Å². The van der Waals surface area contributed by atoms with E-state index < -0.39 is 0 Å². The SMILES string of the molecule is CC(C)CNC(=O)CSc1nc2sc3c(c2c(=O)n1CCCN(C)C)CCCC3. The number of thioether (sulfide) groups is 1. The van der Waals surface area contributed by atoms with Crippen molar-refractivity contribution in [3.63, 3.8) is 0 Å². The maximum Gasteiger partial charge on any atom is 0.263 e. The zero-order valence-corrected chi connectivity index (χ0v) is 19.5. The molecule has 2 aromatic heterocycles. The van der Waals surface area contributed by atoms with Crippen molar-refractivity contribution < 1.29 is 4.79 Å². The predicted molar refractivity (Wildman–Crippen MR) is 122 cm³/mol. The third-order valence-corrected chi connectivity index (χ3v) is 7.23. The highest BCUT2D eigenvalue weighted by Gasteiger charge is 2.22. The molecule has 0 unspecified atom stereocenters. The van der Waals surface area contributed by atoms with E-state index in [1.54, 1.807) is 15.9 Å². The van der Waals surface area contributed by atoms with E-state index in [0.29, 0.717) is 24.2 Å². The topological polar surface area (TPSA) is 67.2 Å². The van der Waals surface area contributed by atoms with Gasteiger partial charge in [0.1, 0.15) is 4.83 Å². The maximum atomic E-state index is 13.4. The minimum Gasteiger partial charge on any atom is -0.355 e. The van der Waals surface area contributed by atoms with Crippen LogP contribution < -0.4 is 10.9 Å². The molecule has 2 heterocycles. The standard InChI is InChI=1S/C21H32N4O2S2/c1-14(2)12-22-17(26)13-28-21-23-19-18(15-8-5-6-9-16(15)29-19)20(27)25(21)11-7-10-24(3)4/h14H,5-13H2,1-4H3,(H,22,26). The molecule has 3 rings (SSSR count). The van der Waals surface area contributed by atoms with E-state index in [9.17, 15) is 9.59 Å². The molecule has 29 heavy (non-hydrogen) atoms. The van der Waals surface area contributed by atoms with Gasteiger partial charge in [0, 0.05) is 18.0 Å². The second-order valence-corrected chi connectivity index (χ2v) is 10.4. The number of nitrogens with one attached hydrogen (secondary N) is 1. The van der Waals surface area contributed by atoms with Crippen LogP contribution in [-0.4, -0.2) is 53.3 Å². The molecule has 0 radical (unpaired) electrons. The Bertz CT molecular complexity index is 918. The molecule has 0 saturated carbocycles. The average Bonchev–Trinajstić information content (AvgIpc) is 3.04. The molecule has 0 fully saturated rings. The monoisotopic (exact) mass is 436 g/mol. The van der Waals surface area contributed by atoms with Gasteiger partial charge in [0.25, 0.3) is 5.56 Å². The summed E-state index contributed by atoms with van der Waals surface area (Å²) in [5, 5.41) is 4.43. The van der Waals surface area contributed by atoms with E-state index in [4.69, 9.17) is 4.98 Å². The highest BCUT2D eigenvalue weighted by atomic mass is 32.2. The van der Waals surface area contributed by atoms with Crippen molar-refractivity contribution in [3.05, 3.63) is 20.8 Å².